The quantitative estimate of drug-likeness (QED) is 0.416. The van der Waals surface area contributed by atoms with Crippen molar-refractivity contribution in [3.05, 3.63) is 23.0 Å². The minimum atomic E-state index is -3.91. The minimum absolute atomic E-state index is 0. The predicted molar refractivity (Wildman–Crippen MR) is 98.1 cm³/mol. The van der Waals surface area contributed by atoms with Crippen LogP contribution in [0.15, 0.2) is 12.1 Å². The Hall–Kier alpha value is 0.346. The van der Waals surface area contributed by atoms with Crippen molar-refractivity contribution in [3.63, 3.8) is 0 Å². The maximum absolute atomic E-state index is 14.3. The van der Waals surface area contributed by atoms with E-state index in [-0.39, 0.29) is 80.4 Å². The van der Waals surface area contributed by atoms with E-state index in [0.29, 0.717) is 4.90 Å². The van der Waals surface area contributed by atoms with Gasteiger partial charge in [0.05, 0.1) is 21.8 Å². The number of hydrogen-bond donors (Lipinski definition) is 1. The molecular weight excluding hydrogens is 459 g/mol. The van der Waals surface area contributed by atoms with E-state index in [0.717, 1.165) is 12.1 Å². The first-order valence-electron chi connectivity index (χ1n) is 6.98. The molecule has 0 spiro atoms. The summed E-state index contributed by atoms with van der Waals surface area (Å²) in [5, 5.41) is -1.33. The van der Waals surface area contributed by atoms with Gasteiger partial charge >= 0.3 is 6.03 Å². The molecule has 2 aliphatic heterocycles. The number of fused-ring (bicyclic) bond motifs is 1. The normalized spacial score (nSPS) is 22.5. The van der Waals surface area contributed by atoms with E-state index in [4.69, 9.17) is 34.8 Å². The number of benzene rings is 1. The minimum Gasteiger partial charge on any atom is -0.310 e. The zero-order valence-electron chi connectivity index (χ0n) is 13.4. The topological polar surface area (TPSA) is 86.8 Å². The van der Waals surface area contributed by atoms with E-state index in [1.165, 1.54) is 4.90 Å². The van der Waals surface area contributed by atoms with Crippen LogP contribution in [0.1, 0.15) is 6.42 Å². The van der Waals surface area contributed by atoms with Gasteiger partial charge in [0.2, 0.25) is 10.0 Å². The Kier molecular flexibility index (Phi) is 7.29. The van der Waals surface area contributed by atoms with E-state index in [1.54, 1.807) is 0 Å². The van der Waals surface area contributed by atoms with Gasteiger partial charge in [0.25, 0.3) is 5.91 Å². The van der Waals surface area contributed by atoms with Gasteiger partial charge in [-0.25, -0.2) is 22.5 Å². The summed E-state index contributed by atoms with van der Waals surface area (Å²) in [5.41, 5.74) is -0.589. The van der Waals surface area contributed by atoms with Gasteiger partial charge < -0.3 is 4.90 Å². The standard InChI is InChI=1S/C13H11Cl3FN3O4S.K/c14-5-25(23,24)18-9-3-10(8(17)2-7(9)16)20-12(21)11-1-6(15)4-19(11)13(20)22;/h2-3,6,11,18H,1,4-5H2;/t6-,11-;/m0./s1. The molecule has 7 nitrogen and oxygen atoms in total. The van der Waals surface area contributed by atoms with Gasteiger partial charge in [-0.2, -0.15) is 0 Å². The Bertz CT molecular complexity index is 848. The smallest absolute Gasteiger partial charge is 0.310 e. The monoisotopic (exact) mass is 468 g/mol. The number of anilines is 2. The molecule has 1 radical (unpaired) electrons. The number of alkyl halides is 2. The van der Waals surface area contributed by atoms with Crippen molar-refractivity contribution in [2.24, 2.45) is 0 Å². The summed E-state index contributed by atoms with van der Waals surface area (Å²) in [4.78, 5) is 26.8. The number of halogens is 4. The van der Waals surface area contributed by atoms with Crippen LogP contribution in [0.5, 0.6) is 0 Å². The van der Waals surface area contributed by atoms with Crippen LogP contribution >= 0.6 is 34.8 Å². The zero-order chi connectivity index (χ0) is 18.5. The Morgan fingerprint density at radius 3 is 2.54 bits per heavy atom. The fourth-order valence-electron chi connectivity index (χ4n) is 2.81. The van der Waals surface area contributed by atoms with E-state index in [9.17, 15) is 22.4 Å². The molecule has 3 rings (SSSR count). The van der Waals surface area contributed by atoms with Crippen molar-refractivity contribution in [2.45, 2.75) is 17.8 Å². The van der Waals surface area contributed by atoms with Crippen LogP contribution in [0.4, 0.5) is 20.6 Å². The van der Waals surface area contributed by atoms with Crippen LogP contribution in [0.2, 0.25) is 5.02 Å². The van der Waals surface area contributed by atoms with Crippen molar-refractivity contribution < 1.29 is 22.4 Å². The van der Waals surface area contributed by atoms with Crippen molar-refractivity contribution in [1.82, 2.24) is 4.90 Å². The third-order valence-electron chi connectivity index (χ3n) is 3.88. The molecule has 2 fully saturated rings. The van der Waals surface area contributed by atoms with Crippen molar-refractivity contribution in [3.8, 4) is 0 Å². The number of imide groups is 1. The number of hydrogen-bond acceptors (Lipinski definition) is 4. The number of sulfonamides is 1. The van der Waals surface area contributed by atoms with Crippen LogP contribution in [0.25, 0.3) is 0 Å². The van der Waals surface area contributed by atoms with Crippen LogP contribution in [0, 0.1) is 5.82 Å². The number of amides is 3. The van der Waals surface area contributed by atoms with E-state index in [2.05, 4.69) is 4.72 Å². The number of urea groups is 1. The Morgan fingerprint density at radius 2 is 1.96 bits per heavy atom. The summed E-state index contributed by atoms with van der Waals surface area (Å²) >= 11 is 17.1. The van der Waals surface area contributed by atoms with Gasteiger partial charge in [-0.1, -0.05) is 11.6 Å². The zero-order valence-corrected chi connectivity index (χ0v) is 19.6. The summed E-state index contributed by atoms with van der Waals surface area (Å²) in [6.07, 6.45) is 0.267. The third-order valence-corrected chi connectivity index (χ3v) is 6.19. The van der Waals surface area contributed by atoms with E-state index >= 15 is 0 Å². The average Bonchev–Trinajstić information content (AvgIpc) is 3.01. The fraction of sp³-hybridized carbons (Fsp3) is 0.385. The molecule has 2 saturated heterocycles. The SMILES string of the molecule is O=C1[C@@H]2C[C@H](Cl)CN2C(=O)N1c1cc(NS(=O)(=O)CCl)c(Cl)cc1F.[K]. The molecule has 3 amide bonds. The van der Waals surface area contributed by atoms with Gasteiger partial charge in [0.1, 0.15) is 17.1 Å². The molecule has 2 aliphatic rings. The number of nitrogens with zero attached hydrogens (tertiary/aromatic N) is 2. The molecule has 2 atom stereocenters. The Morgan fingerprint density at radius 1 is 1.31 bits per heavy atom. The van der Waals surface area contributed by atoms with Gasteiger partial charge in [-0.3, -0.25) is 9.52 Å². The molecule has 2 heterocycles. The molecule has 0 bridgehead atoms. The number of rotatable bonds is 4. The number of carbonyl (C=O) groups is 2. The molecular formula is C13H11Cl3FKN3O4S. The average molecular weight is 470 g/mol. The first kappa shape index (κ1) is 22.6. The van der Waals surface area contributed by atoms with Gasteiger partial charge in [-0.05, 0) is 18.6 Å². The second-order valence-corrected chi connectivity index (χ2v) is 8.90. The molecule has 137 valence electrons. The predicted octanol–water partition coefficient (Wildman–Crippen LogP) is 2.18. The third kappa shape index (κ3) is 4.18. The first-order chi connectivity index (χ1) is 11.6. The summed E-state index contributed by atoms with van der Waals surface area (Å²) in [6.45, 7) is 0.175. The van der Waals surface area contributed by atoms with Crippen molar-refractivity contribution in [2.75, 3.05) is 21.4 Å². The van der Waals surface area contributed by atoms with Crippen LogP contribution in [0.3, 0.4) is 0 Å². The largest absolute Gasteiger partial charge is 0.332 e. The first-order valence-corrected chi connectivity index (χ1v) is 9.99. The van der Waals surface area contributed by atoms with Gasteiger partial charge in [0.15, 0.2) is 0 Å². The van der Waals surface area contributed by atoms with Gasteiger partial charge in [-0.15, -0.1) is 23.2 Å². The molecule has 0 aromatic heterocycles. The summed E-state index contributed by atoms with van der Waals surface area (Å²) in [5.74, 6) is -1.57. The molecule has 13 heteroatoms. The van der Waals surface area contributed by atoms with Crippen LogP contribution < -0.4 is 9.62 Å². The second kappa shape index (κ2) is 8.38. The Labute approximate surface area is 206 Å². The maximum atomic E-state index is 14.3. The molecule has 26 heavy (non-hydrogen) atoms. The van der Waals surface area contributed by atoms with Crippen LogP contribution in [-0.2, 0) is 14.8 Å². The van der Waals surface area contributed by atoms with Gasteiger partial charge in [0, 0.05) is 57.9 Å². The summed E-state index contributed by atoms with van der Waals surface area (Å²) in [7, 11) is -3.91. The Balaban J connectivity index is 0.00000243. The maximum Gasteiger partial charge on any atom is 0.332 e. The van der Waals surface area contributed by atoms with Crippen molar-refractivity contribution in [1.29, 1.82) is 0 Å². The molecule has 0 aliphatic carbocycles. The van der Waals surface area contributed by atoms with E-state index < -0.39 is 44.7 Å². The van der Waals surface area contributed by atoms with Crippen LogP contribution in [-0.4, -0.2) is 99.8 Å². The molecule has 0 saturated carbocycles. The van der Waals surface area contributed by atoms with E-state index in [1.807, 2.05) is 0 Å². The fourth-order valence-corrected chi connectivity index (χ4v) is 4.10. The molecule has 0 unspecified atom stereocenters. The summed E-state index contributed by atoms with van der Waals surface area (Å²) in [6, 6.07) is 0.327. The molecule has 1 aromatic carbocycles. The summed E-state index contributed by atoms with van der Waals surface area (Å²) < 4.78 is 39.6. The number of nitrogens with one attached hydrogen (secondary N) is 1. The second-order valence-electron chi connectivity index (χ2n) is 5.57. The van der Waals surface area contributed by atoms with Crippen molar-refractivity contribution >= 4 is 120 Å². The molecule has 1 N–H and O–H groups in total. The molecule has 1 aromatic rings. The number of carbonyl (C=O) groups excluding carboxylic acids is 2.